The molecule has 0 heterocycles. The Morgan fingerprint density at radius 2 is 2.00 bits per heavy atom. The zero-order valence-electron chi connectivity index (χ0n) is 9.10. The summed E-state index contributed by atoms with van der Waals surface area (Å²) in [6.07, 6.45) is 0.906. The minimum atomic E-state index is -0.0774. The van der Waals surface area contributed by atoms with E-state index in [0.717, 1.165) is 17.5 Å². The van der Waals surface area contributed by atoms with Crippen molar-refractivity contribution in [2.45, 2.75) is 33.1 Å². The van der Waals surface area contributed by atoms with Crippen molar-refractivity contribution in [1.82, 2.24) is 0 Å². The molecule has 0 fully saturated rings. The standard InChI is InChI=1S/C12H18FN/c1-8(6-7-14)11-5-4-9(2)12(13)10(11)3/h4-5,8H,6-7,14H2,1-3H3. The fraction of sp³-hybridized carbons (Fsp3) is 0.500. The van der Waals surface area contributed by atoms with Crippen LogP contribution in [-0.2, 0) is 0 Å². The number of halogens is 1. The molecule has 1 aromatic rings. The van der Waals surface area contributed by atoms with Crippen LogP contribution in [0.1, 0.15) is 36.0 Å². The molecule has 1 atom stereocenters. The second-order valence-electron chi connectivity index (χ2n) is 3.89. The molecule has 0 radical (unpaired) electrons. The third kappa shape index (κ3) is 2.13. The van der Waals surface area contributed by atoms with Crippen LogP contribution >= 0.6 is 0 Å². The third-order valence-corrected chi connectivity index (χ3v) is 2.75. The Morgan fingerprint density at radius 1 is 1.36 bits per heavy atom. The van der Waals surface area contributed by atoms with Gasteiger partial charge in [0.2, 0.25) is 0 Å². The van der Waals surface area contributed by atoms with E-state index in [4.69, 9.17) is 5.73 Å². The molecule has 1 rings (SSSR count). The van der Waals surface area contributed by atoms with Crippen molar-refractivity contribution in [3.63, 3.8) is 0 Å². The van der Waals surface area contributed by atoms with E-state index in [1.807, 2.05) is 19.1 Å². The lowest BCUT2D eigenvalue weighted by Gasteiger charge is -2.15. The van der Waals surface area contributed by atoms with Gasteiger partial charge in [-0.1, -0.05) is 19.1 Å². The van der Waals surface area contributed by atoms with Crippen LogP contribution in [0.2, 0.25) is 0 Å². The van der Waals surface area contributed by atoms with Crippen LogP contribution in [-0.4, -0.2) is 6.54 Å². The molecule has 0 aliphatic heterocycles. The summed E-state index contributed by atoms with van der Waals surface area (Å²) in [6, 6.07) is 3.85. The molecule has 0 aromatic heterocycles. The van der Waals surface area contributed by atoms with E-state index < -0.39 is 0 Å². The lowest BCUT2D eigenvalue weighted by atomic mass is 9.92. The minimum absolute atomic E-state index is 0.0774. The van der Waals surface area contributed by atoms with Gasteiger partial charge in [0, 0.05) is 0 Å². The fourth-order valence-corrected chi connectivity index (χ4v) is 1.77. The molecule has 1 unspecified atom stereocenters. The lowest BCUT2D eigenvalue weighted by molar-refractivity contribution is 0.597. The lowest BCUT2D eigenvalue weighted by Crippen LogP contribution is -2.07. The van der Waals surface area contributed by atoms with E-state index in [9.17, 15) is 4.39 Å². The molecule has 0 saturated carbocycles. The highest BCUT2D eigenvalue weighted by molar-refractivity contribution is 5.34. The highest BCUT2D eigenvalue weighted by Gasteiger charge is 2.11. The minimum Gasteiger partial charge on any atom is -0.330 e. The molecule has 0 saturated heterocycles. The van der Waals surface area contributed by atoms with Gasteiger partial charge in [-0.25, -0.2) is 4.39 Å². The van der Waals surface area contributed by atoms with Gasteiger partial charge in [-0.2, -0.15) is 0 Å². The predicted octanol–water partition coefficient (Wildman–Crippen LogP) is 2.89. The maximum atomic E-state index is 13.6. The normalized spacial score (nSPS) is 12.9. The summed E-state index contributed by atoms with van der Waals surface area (Å²) in [5.41, 5.74) is 8.06. The smallest absolute Gasteiger partial charge is 0.129 e. The zero-order valence-corrected chi connectivity index (χ0v) is 9.10. The predicted molar refractivity (Wildman–Crippen MR) is 58.0 cm³/mol. The van der Waals surface area contributed by atoms with E-state index >= 15 is 0 Å². The molecule has 14 heavy (non-hydrogen) atoms. The Hall–Kier alpha value is -0.890. The first-order valence-electron chi connectivity index (χ1n) is 5.03. The Balaban J connectivity index is 3.04. The summed E-state index contributed by atoms with van der Waals surface area (Å²) in [7, 11) is 0. The van der Waals surface area contributed by atoms with Crippen molar-refractivity contribution in [3.8, 4) is 0 Å². The first-order valence-corrected chi connectivity index (χ1v) is 5.03. The number of nitrogens with two attached hydrogens (primary N) is 1. The molecule has 0 spiro atoms. The number of rotatable bonds is 3. The van der Waals surface area contributed by atoms with Gasteiger partial charge in [-0.15, -0.1) is 0 Å². The van der Waals surface area contributed by atoms with Crippen LogP contribution in [0.3, 0.4) is 0 Å². The van der Waals surface area contributed by atoms with Crippen molar-refractivity contribution < 1.29 is 4.39 Å². The molecule has 2 heteroatoms. The summed E-state index contributed by atoms with van der Waals surface area (Å²) >= 11 is 0. The molecule has 0 aliphatic carbocycles. The van der Waals surface area contributed by atoms with Crippen molar-refractivity contribution in [2.75, 3.05) is 6.54 Å². The molecule has 78 valence electrons. The SMILES string of the molecule is Cc1ccc(C(C)CCN)c(C)c1F. The Morgan fingerprint density at radius 3 is 2.57 bits per heavy atom. The monoisotopic (exact) mass is 195 g/mol. The zero-order chi connectivity index (χ0) is 10.7. The van der Waals surface area contributed by atoms with Crippen LogP contribution in [0.25, 0.3) is 0 Å². The number of benzene rings is 1. The van der Waals surface area contributed by atoms with Crippen LogP contribution in [0, 0.1) is 19.7 Å². The Labute approximate surface area is 85.1 Å². The molecular weight excluding hydrogens is 177 g/mol. The van der Waals surface area contributed by atoms with Crippen LogP contribution < -0.4 is 5.73 Å². The van der Waals surface area contributed by atoms with Crippen molar-refractivity contribution in [3.05, 3.63) is 34.6 Å². The average Bonchev–Trinajstić information content (AvgIpc) is 2.15. The van der Waals surface area contributed by atoms with Gasteiger partial charge >= 0.3 is 0 Å². The first kappa shape index (κ1) is 11.2. The van der Waals surface area contributed by atoms with Crippen molar-refractivity contribution >= 4 is 0 Å². The average molecular weight is 195 g/mol. The summed E-state index contributed by atoms with van der Waals surface area (Å²) in [6.45, 7) is 6.37. The first-order chi connectivity index (χ1) is 6.57. The largest absolute Gasteiger partial charge is 0.330 e. The highest BCUT2D eigenvalue weighted by atomic mass is 19.1. The number of hydrogen-bond acceptors (Lipinski definition) is 1. The van der Waals surface area contributed by atoms with E-state index in [1.165, 1.54) is 0 Å². The molecule has 0 amide bonds. The molecule has 2 N–H and O–H groups in total. The van der Waals surface area contributed by atoms with Crippen molar-refractivity contribution in [2.24, 2.45) is 5.73 Å². The Bertz CT molecular complexity index is 320. The summed E-state index contributed by atoms with van der Waals surface area (Å²) in [4.78, 5) is 0. The topological polar surface area (TPSA) is 26.0 Å². The second-order valence-corrected chi connectivity index (χ2v) is 3.89. The van der Waals surface area contributed by atoms with Gasteiger partial charge in [0.15, 0.2) is 0 Å². The van der Waals surface area contributed by atoms with Gasteiger partial charge in [-0.05, 0) is 49.4 Å². The summed E-state index contributed by atoms with van der Waals surface area (Å²) < 4.78 is 13.6. The van der Waals surface area contributed by atoms with E-state index in [0.29, 0.717) is 18.0 Å². The van der Waals surface area contributed by atoms with Gasteiger partial charge in [-0.3, -0.25) is 0 Å². The highest BCUT2D eigenvalue weighted by Crippen LogP contribution is 2.25. The molecule has 0 aliphatic rings. The number of hydrogen-bond donors (Lipinski definition) is 1. The maximum Gasteiger partial charge on any atom is 0.129 e. The van der Waals surface area contributed by atoms with Gasteiger partial charge in [0.05, 0.1) is 0 Å². The van der Waals surface area contributed by atoms with Crippen LogP contribution in [0.4, 0.5) is 4.39 Å². The van der Waals surface area contributed by atoms with Gasteiger partial charge < -0.3 is 5.73 Å². The molecule has 0 bridgehead atoms. The molecule has 1 nitrogen and oxygen atoms in total. The second kappa shape index (κ2) is 4.56. The Kier molecular flexibility index (Phi) is 3.64. The van der Waals surface area contributed by atoms with E-state index in [-0.39, 0.29) is 5.82 Å². The molecular formula is C12H18FN. The summed E-state index contributed by atoms with van der Waals surface area (Å²) in [5.74, 6) is 0.265. The van der Waals surface area contributed by atoms with Crippen LogP contribution in [0.5, 0.6) is 0 Å². The maximum absolute atomic E-state index is 13.6. The fourth-order valence-electron chi connectivity index (χ4n) is 1.77. The van der Waals surface area contributed by atoms with E-state index in [2.05, 4.69) is 6.92 Å². The molecule has 1 aromatic carbocycles. The van der Waals surface area contributed by atoms with Gasteiger partial charge in [0.1, 0.15) is 5.82 Å². The van der Waals surface area contributed by atoms with Gasteiger partial charge in [0.25, 0.3) is 0 Å². The van der Waals surface area contributed by atoms with Crippen LogP contribution in [0.15, 0.2) is 12.1 Å². The quantitative estimate of drug-likeness (QED) is 0.788. The number of aryl methyl sites for hydroxylation is 1. The van der Waals surface area contributed by atoms with E-state index in [1.54, 1.807) is 6.92 Å². The third-order valence-electron chi connectivity index (χ3n) is 2.75. The van der Waals surface area contributed by atoms with Crippen molar-refractivity contribution in [1.29, 1.82) is 0 Å². The summed E-state index contributed by atoms with van der Waals surface area (Å²) in [5, 5.41) is 0.